The Bertz CT molecular complexity index is 277. The molecule has 0 saturated heterocycles. The summed E-state index contributed by atoms with van der Waals surface area (Å²) < 4.78 is 5.07. The van der Waals surface area contributed by atoms with Gasteiger partial charge < -0.3 is 9.53 Å². The summed E-state index contributed by atoms with van der Waals surface area (Å²) in [5.74, 6) is 1.31. The molecule has 1 aromatic carbocycles. The first kappa shape index (κ1) is 10.8. The average molecular weight is 192 g/mol. The Hall–Kier alpha value is -1.31. The highest BCUT2D eigenvalue weighted by molar-refractivity contribution is 5.49. The van der Waals surface area contributed by atoms with E-state index >= 15 is 0 Å². The number of hydrogen-bond donors (Lipinski definition) is 0. The molecule has 2 nitrogen and oxygen atoms in total. The van der Waals surface area contributed by atoms with Crippen molar-refractivity contribution in [1.29, 1.82) is 0 Å². The van der Waals surface area contributed by atoms with Gasteiger partial charge in [0.15, 0.2) is 0 Å². The molecule has 0 heterocycles. The number of benzene rings is 1. The minimum atomic E-state index is 0.436. The molecular formula is C12H16O2. The van der Waals surface area contributed by atoms with Crippen molar-refractivity contribution in [3.05, 3.63) is 29.8 Å². The van der Waals surface area contributed by atoms with Crippen molar-refractivity contribution in [2.45, 2.75) is 25.7 Å². The van der Waals surface area contributed by atoms with Gasteiger partial charge in [-0.1, -0.05) is 19.1 Å². The normalized spacial score (nSPS) is 12.1. The second-order valence-corrected chi connectivity index (χ2v) is 3.42. The van der Waals surface area contributed by atoms with Crippen molar-refractivity contribution in [3.63, 3.8) is 0 Å². The standard InChI is InChI=1S/C12H16O2/c1-10(4-3-9-13)11-5-7-12(14-2)8-6-11/h5-10H,3-4H2,1-2H3. The molecule has 0 bridgehead atoms. The molecule has 1 aromatic rings. The maximum absolute atomic E-state index is 10.2. The van der Waals surface area contributed by atoms with E-state index in [1.165, 1.54) is 5.56 Å². The van der Waals surface area contributed by atoms with Crippen LogP contribution < -0.4 is 4.74 Å². The van der Waals surface area contributed by atoms with Crippen molar-refractivity contribution in [2.75, 3.05) is 7.11 Å². The van der Waals surface area contributed by atoms with E-state index in [4.69, 9.17) is 4.74 Å². The van der Waals surface area contributed by atoms with Crippen LogP contribution in [-0.4, -0.2) is 13.4 Å². The molecule has 0 aliphatic heterocycles. The molecule has 0 spiro atoms. The Morgan fingerprint density at radius 1 is 1.36 bits per heavy atom. The molecule has 1 atom stereocenters. The van der Waals surface area contributed by atoms with Crippen LogP contribution in [0, 0.1) is 0 Å². The summed E-state index contributed by atoms with van der Waals surface area (Å²) in [4.78, 5) is 10.2. The Balaban J connectivity index is 2.61. The Morgan fingerprint density at radius 2 is 2.00 bits per heavy atom. The molecule has 0 aliphatic rings. The number of ether oxygens (including phenoxy) is 1. The van der Waals surface area contributed by atoms with Gasteiger partial charge in [-0.05, 0) is 30.0 Å². The molecular weight excluding hydrogens is 176 g/mol. The van der Waals surface area contributed by atoms with Crippen molar-refractivity contribution in [2.24, 2.45) is 0 Å². The smallest absolute Gasteiger partial charge is 0.120 e. The van der Waals surface area contributed by atoms with Gasteiger partial charge in [0.25, 0.3) is 0 Å². The lowest BCUT2D eigenvalue weighted by Gasteiger charge is -2.10. The third-order valence-electron chi connectivity index (χ3n) is 2.40. The monoisotopic (exact) mass is 192 g/mol. The fraction of sp³-hybridized carbons (Fsp3) is 0.417. The van der Waals surface area contributed by atoms with E-state index in [9.17, 15) is 4.79 Å². The maximum atomic E-state index is 10.2. The molecule has 0 fully saturated rings. The molecule has 0 saturated carbocycles. The zero-order valence-corrected chi connectivity index (χ0v) is 8.69. The zero-order chi connectivity index (χ0) is 10.4. The first-order chi connectivity index (χ1) is 6.77. The molecule has 0 aliphatic carbocycles. The number of hydrogen-bond acceptors (Lipinski definition) is 2. The SMILES string of the molecule is COc1ccc(C(C)CCC=O)cc1. The predicted molar refractivity (Wildman–Crippen MR) is 56.7 cm³/mol. The molecule has 2 heteroatoms. The number of carbonyl (C=O) groups excluding carboxylic acids is 1. The fourth-order valence-corrected chi connectivity index (χ4v) is 1.42. The summed E-state index contributed by atoms with van der Waals surface area (Å²) >= 11 is 0. The van der Waals surface area contributed by atoms with Crippen molar-refractivity contribution in [1.82, 2.24) is 0 Å². The van der Waals surface area contributed by atoms with Crippen LogP contribution in [0.3, 0.4) is 0 Å². The van der Waals surface area contributed by atoms with Crippen LogP contribution in [0.1, 0.15) is 31.2 Å². The lowest BCUT2D eigenvalue weighted by molar-refractivity contribution is -0.108. The summed E-state index contributed by atoms with van der Waals surface area (Å²) in [5, 5.41) is 0. The van der Waals surface area contributed by atoms with Crippen LogP contribution in [0.2, 0.25) is 0 Å². The maximum Gasteiger partial charge on any atom is 0.120 e. The van der Waals surface area contributed by atoms with Crippen molar-refractivity contribution >= 4 is 6.29 Å². The van der Waals surface area contributed by atoms with Gasteiger partial charge in [-0.25, -0.2) is 0 Å². The van der Waals surface area contributed by atoms with Crippen LogP contribution in [0.25, 0.3) is 0 Å². The Labute approximate surface area is 84.9 Å². The third-order valence-corrected chi connectivity index (χ3v) is 2.40. The summed E-state index contributed by atoms with van der Waals surface area (Å²) in [5.41, 5.74) is 1.26. The number of carbonyl (C=O) groups is 1. The molecule has 0 radical (unpaired) electrons. The first-order valence-corrected chi connectivity index (χ1v) is 4.85. The van der Waals surface area contributed by atoms with Gasteiger partial charge in [0.1, 0.15) is 12.0 Å². The third kappa shape index (κ3) is 2.87. The predicted octanol–water partition coefficient (Wildman–Crippen LogP) is 2.78. The van der Waals surface area contributed by atoms with Crippen molar-refractivity contribution < 1.29 is 9.53 Å². The topological polar surface area (TPSA) is 26.3 Å². The summed E-state index contributed by atoms with van der Waals surface area (Å²) in [6, 6.07) is 8.00. The molecule has 76 valence electrons. The van der Waals surface area contributed by atoms with Gasteiger partial charge in [-0.15, -0.1) is 0 Å². The van der Waals surface area contributed by atoms with Gasteiger partial charge in [0, 0.05) is 6.42 Å². The Morgan fingerprint density at radius 3 is 2.50 bits per heavy atom. The van der Waals surface area contributed by atoms with E-state index in [0.717, 1.165) is 18.5 Å². The highest BCUT2D eigenvalue weighted by atomic mass is 16.5. The van der Waals surface area contributed by atoms with E-state index in [1.807, 2.05) is 24.3 Å². The molecule has 0 N–H and O–H groups in total. The van der Waals surface area contributed by atoms with E-state index in [-0.39, 0.29) is 0 Å². The van der Waals surface area contributed by atoms with Gasteiger partial charge in [-0.2, -0.15) is 0 Å². The molecule has 0 amide bonds. The minimum Gasteiger partial charge on any atom is -0.497 e. The second kappa shape index (κ2) is 5.43. The van der Waals surface area contributed by atoms with Crippen LogP contribution in [0.5, 0.6) is 5.75 Å². The van der Waals surface area contributed by atoms with E-state index in [1.54, 1.807) is 7.11 Å². The average Bonchev–Trinajstić information content (AvgIpc) is 2.26. The summed E-state index contributed by atoms with van der Waals surface area (Å²) in [6.45, 7) is 2.13. The molecule has 0 aromatic heterocycles. The summed E-state index contributed by atoms with van der Waals surface area (Å²) in [7, 11) is 1.66. The number of methoxy groups -OCH3 is 1. The van der Waals surface area contributed by atoms with E-state index in [2.05, 4.69) is 6.92 Å². The second-order valence-electron chi connectivity index (χ2n) is 3.42. The van der Waals surface area contributed by atoms with E-state index < -0.39 is 0 Å². The van der Waals surface area contributed by atoms with Gasteiger partial charge in [0.2, 0.25) is 0 Å². The highest BCUT2D eigenvalue weighted by Gasteiger charge is 2.04. The quantitative estimate of drug-likeness (QED) is 0.670. The van der Waals surface area contributed by atoms with Crippen LogP contribution in [-0.2, 0) is 4.79 Å². The van der Waals surface area contributed by atoms with Crippen LogP contribution in [0.4, 0.5) is 0 Å². The molecule has 1 rings (SSSR count). The number of rotatable bonds is 5. The lowest BCUT2D eigenvalue weighted by atomic mass is 9.96. The largest absolute Gasteiger partial charge is 0.497 e. The first-order valence-electron chi connectivity index (χ1n) is 4.85. The van der Waals surface area contributed by atoms with Gasteiger partial charge in [-0.3, -0.25) is 0 Å². The lowest BCUT2D eigenvalue weighted by Crippen LogP contribution is -1.94. The van der Waals surface area contributed by atoms with Crippen LogP contribution in [0.15, 0.2) is 24.3 Å². The Kier molecular flexibility index (Phi) is 4.17. The van der Waals surface area contributed by atoms with E-state index in [0.29, 0.717) is 12.3 Å². The fourth-order valence-electron chi connectivity index (χ4n) is 1.42. The molecule has 14 heavy (non-hydrogen) atoms. The van der Waals surface area contributed by atoms with Crippen LogP contribution >= 0.6 is 0 Å². The summed E-state index contributed by atoms with van der Waals surface area (Å²) in [6.07, 6.45) is 2.52. The van der Waals surface area contributed by atoms with Gasteiger partial charge >= 0.3 is 0 Å². The number of aldehydes is 1. The zero-order valence-electron chi connectivity index (χ0n) is 8.69. The minimum absolute atomic E-state index is 0.436. The van der Waals surface area contributed by atoms with Crippen molar-refractivity contribution in [3.8, 4) is 5.75 Å². The van der Waals surface area contributed by atoms with Gasteiger partial charge in [0.05, 0.1) is 7.11 Å². The molecule has 1 unspecified atom stereocenters. The highest BCUT2D eigenvalue weighted by Crippen LogP contribution is 2.22.